The Hall–Kier alpha value is -1.40. The van der Waals surface area contributed by atoms with Gasteiger partial charge >= 0.3 is 0 Å². The summed E-state index contributed by atoms with van der Waals surface area (Å²) in [6.45, 7) is 4.91. The van der Waals surface area contributed by atoms with Gasteiger partial charge < -0.3 is 14.8 Å². The lowest BCUT2D eigenvalue weighted by Gasteiger charge is -2.32. The molecule has 2 heterocycles. The van der Waals surface area contributed by atoms with Crippen molar-refractivity contribution in [3.63, 3.8) is 0 Å². The van der Waals surface area contributed by atoms with Gasteiger partial charge in [-0.1, -0.05) is 15.9 Å². The van der Waals surface area contributed by atoms with Crippen LogP contribution in [0.1, 0.15) is 24.4 Å². The van der Waals surface area contributed by atoms with Crippen LogP contribution in [0, 0.1) is 0 Å². The topological polar surface area (TPSA) is 46.0 Å². The number of nitrogens with one attached hydrogen (secondary N) is 1. The molecule has 1 unspecified atom stereocenters. The average molecular weight is 336 g/mol. The highest BCUT2D eigenvalue weighted by molar-refractivity contribution is 9.10. The van der Waals surface area contributed by atoms with E-state index in [0.29, 0.717) is 6.04 Å². The largest absolute Gasteiger partial charge is 0.362 e. The molecule has 1 aromatic heterocycles. The zero-order chi connectivity index (χ0) is 14.1. The predicted octanol–water partition coefficient (Wildman–Crippen LogP) is 2.34. The van der Waals surface area contributed by atoms with Crippen LogP contribution in [0.3, 0.4) is 0 Å². The molecule has 106 valence electrons. The van der Waals surface area contributed by atoms with Crippen LogP contribution in [0.5, 0.6) is 0 Å². The van der Waals surface area contributed by atoms with Gasteiger partial charge in [0.05, 0.1) is 6.54 Å². The van der Waals surface area contributed by atoms with Gasteiger partial charge in [-0.15, -0.1) is 10.2 Å². The van der Waals surface area contributed by atoms with Crippen LogP contribution in [-0.2, 0) is 13.1 Å². The van der Waals surface area contributed by atoms with Gasteiger partial charge in [-0.3, -0.25) is 0 Å². The Labute approximate surface area is 127 Å². The second-order valence-electron chi connectivity index (χ2n) is 5.08. The summed E-state index contributed by atoms with van der Waals surface area (Å²) in [5.74, 6) is 1.03. The summed E-state index contributed by atoms with van der Waals surface area (Å²) in [6, 6.07) is 6.78. The number of fused-ring (bicyclic) bond motifs is 1. The summed E-state index contributed by atoms with van der Waals surface area (Å²) in [6.07, 6.45) is 1.81. The molecule has 1 aliphatic heterocycles. The van der Waals surface area contributed by atoms with Crippen molar-refractivity contribution in [1.29, 1.82) is 0 Å². The van der Waals surface area contributed by atoms with E-state index in [1.807, 2.05) is 13.4 Å². The SMILES string of the molecule is CNC(C)c1cc(Br)ccc1N1CCn2cnnc2C1. The molecule has 20 heavy (non-hydrogen) atoms. The van der Waals surface area contributed by atoms with Gasteiger partial charge in [0.15, 0.2) is 5.82 Å². The Morgan fingerprint density at radius 1 is 1.35 bits per heavy atom. The maximum Gasteiger partial charge on any atom is 0.152 e. The summed E-state index contributed by atoms with van der Waals surface area (Å²) in [7, 11) is 1.99. The summed E-state index contributed by atoms with van der Waals surface area (Å²) >= 11 is 3.56. The maximum absolute atomic E-state index is 4.19. The van der Waals surface area contributed by atoms with Crippen molar-refractivity contribution in [3.05, 3.63) is 40.4 Å². The molecule has 0 radical (unpaired) electrons. The number of aromatic nitrogens is 3. The molecule has 0 aliphatic carbocycles. The molecule has 5 nitrogen and oxygen atoms in total. The van der Waals surface area contributed by atoms with Gasteiger partial charge in [0.2, 0.25) is 0 Å². The van der Waals surface area contributed by atoms with E-state index < -0.39 is 0 Å². The van der Waals surface area contributed by atoms with Crippen molar-refractivity contribution < 1.29 is 0 Å². The minimum Gasteiger partial charge on any atom is -0.362 e. The molecule has 1 atom stereocenters. The monoisotopic (exact) mass is 335 g/mol. The van der Waals surface area contributed by atoms with Crippen molar-refractivity contribution in [2.24, 2.45) is 0 Å². The van der Waals surface area contributed by atoms with Crippen molar-refractivity contribution in [1.82, 2.24) is 20.1 Å². The quantitative estimate of drug-likeness (QED) is 0.935. The highest BCUT2D eigenvalue weighted by Gasteiger charge is 2.21. The Balaban J connectivity index is 1.95. The number of nitrogens with zero attached hydrogens (tertiary/aromatic N) is 4. The predicted molar refractivity (Wildman–Crippen MR) is 82.7 cm³/mol. The third-order valence-corrected chi connectivity index (χ3v) is 4.36. The molecule has 6 heteroatoms. The van der Waals surface area contributed by atoms with E-state index in [9.17, 15) is 0 Å². The molecule has 1 aliphatic rings. The van der Waals surface area contributed by atoms with E-state index in [1.165, 1.54) is 11.3 Å². The lowest BCUT2D eigenvalue weighted by molar-refractivity contribution is 0.554. The van der Waals surface area contributed by atoms with E-state index in [4.69, 9.17) is 0 Å². The van der Waals surface area contributed by atoms with E-state index in [2.05, 4.69) is 66.0 Å². The maximum atomic E-state index is 4.19. The number of benzene rings is 1. The molecule has 1 N–H and O–H groups in total. The van der Waals surface area contributed by atoms with Crippen LogP contribution in [-0.4, -0.2) is 28.4 Å². The van der Waals surface area contributed by atoms with Crippen molar-refractivity contribution >= 4 is 21.6 Å². The summed E-state index contributed by atoms with van der Waals surface area (Å²) in [5, 5.41) is 11.5. The minimum absolute atomic E-state index is 0.308. The Kier molecular flexibility index (Phi) is 3.76. The molecule has 2 aromatic rings. The molecular formula is C14H18BrN5. The van der Waals surface area contributed by atoms with Crippen molar-refractivity contribution in [3.8, 4) is 0 Å². The first-order chi connectivity index (χ1) is 9.69. The molecular weight excluding hydrogens is 318 g/mol. The lowest BCUT2D eigenvalue weighted by Crippen LogP contribution is -2.34. The Bertz CT molecular complexity index is 609. The van der Waals surface area contributed by atoms with Gasteiger partial charge in [-0.2, -0.15) is 0 Å². The molecule has 1 aromatic carbocycles. The summed E-state index contributed by atoms with van der Waals surface area (Å²) in [4.78, 5) is 2.37. The third kappa shape index (κ3) is 2.45. The first-order valence-corrected chi connectivity index (χ1v) is 7.56. The number of rotatable bonds is 3. The van der Waals surface area contributed by atoms with Crippen molar-refractivity contribution in [2.75, 3.05) is 18.5 Å². The normalized spacial score (nSPS) is 16.1. The third-order valence-electron chi connectivity index (χ3n) is 3.87. The number of hydrogen-bond acceptors (Lipinski definition) is 4. The van der Waals surface area contributed by atoms with Crippen LogP contribution < -0.4 is 10.2 Å². The summed E-state index contributed by atoms with van der Waals surface area (Å²) < 4.78 is 3.23. The Morgan fingerprint density at radius 3 is 3.00 bits per heavy atom. The molecule has 0 fully saturated rings. The molecule has 0 spiro atoms. The number of hydrogen-bond donors (Lipinski definition) is 1. The van der Waals surface area contributed by atoms with Gasteiger partial charge in [-0.05, 0) is 37.7 Å². The molecule has 0 saturated carbocycles. The fourth-order valence-corrected chi connectivity index (χ4v) is 2.97. The van der Waals surface area contributed by atoms with Crippen LogP contribution in [0.25, 0.3) is 0 Å². The van der Waals surface area contributed by atoms with E-state index in [0.717, 1.165) is 29.9 Å². The lowest BCUT2D eigenvalue weighted by atomic mass is 10.0. The number of anilines is 1. The van der Waals surface area contributed by atoms with Gasteiger partial charge in [0.1, 0.15) is 6.33 Å². The second-order valence-corrected chi connectivity index (χ2v) is 5.99. The molecule has 0 saturated heterocycles. The Morgan fingerprint density at radius 2 is 2.20 bits per heavy atom. The number of halogens is 1. The fraction of sp³-hybridized carbons (Fsp3) is 0.429. The standard InChI is InChI=1S/C14H18BrN5/c1-10(16-2)12-7-11(15)3-4-13(12)19-5-6-20-9-17-18-14(20)8-19/h3-4,7,9-10,16H,5-6,8H2,1-2H3. The molecule has 0 bridgehead atoms. The van der Waals surface area contributed by atoms with E-state index in [-0.39, 0.29) is 0 Å². The summed E-state index contributed by atoms with van der Waals surface area (Å²) in [5.41, 5.74) is 2.57. The first-order valence-electron chi connectivity index (χ1n) is 6.77. The smallest absolute Gasteiger partial charge is 0.152 e. The van der Waals surface area contributed by atoms with Crippen LogP contribution >= 0.6 is 15.9 Å². The van der Waals surface area contributed by atoms with Gasteiger partial charge in [0.25, 0.3) is 0 Å². The van der Waals surface area contributed by atoms with Crippen LogP contribution in [0.15, 0.2) is 29.0 Å². The zero-order valence-electron chi connectivity index (χ0n) is 11.7. The fourth-order valence-electron chi connectivity index (χ4n) is 2.59. The minimum atomic E-state index is 0.308. The highest BCUT2D eigenvalue weighted by atomic mass is 79.9. The average Bonchev–Trinajstić information content (AvgIpc) is 2.93. The molecule has 3 rings (SSSR count). The zero-order valence-corrected chi connectivity index (χ0v) is 13.3. The van der Waals surface area contributed by atoms with Gasteiger partial charge in [0, 0.05) is 29.3 Å². The highest BCUT2D eigenvalue weighted by Crippen LogP contribution is 2.31. The van der Waals surface area contributed by atoms with E-state index >= 15 is 0 Å². The van der Waals surface area contributed by atoms with E-state index in [1.54, 1.807) is 0 Å². The van der Waals surface area contributed by atoms with Crippen LogP contribution in [0.2, 0.25) is 0 Å². The second kappa shape index (κ2) is 5.54. The molecule has 0 amide bonds. The van der Waals surface area contributed by atoms with Gasteiger partial charge in [-0.25, -0.2) is 0 Å². The first kappa shape index (κ1) is 13.6. The van der Waals surface area contributed by atoms with Crippen LogP contribution in [0.4, 0.5) is 5.69 Å². The van der Waals surface area contributed by atoms with Crippen molar-refractivity contribution in [2.45, 2.75) is 26.1 Å².